The fourth-order valence-electron chi connectivity index (χ4n) is 3.01. The standard InChI is InChI=1S/C14H25N5O.2ClH/c1-19-11-17-18-12(19)5-8-16-13(20)9-14(10-15)6-3-2-4-7-14;;/h11H,2-10,15H2,1H3,(H,16,20);2*1H. The zero-order valence-electron chi connectivity index (χ0n) is 13.1. The van der Waals surface area contributed by atoms with Gasteiger partial charge in [0.05, 0.1) is 0 Å². The van der Waals surface area contributed by atoms with Crippen molar-refractivity contribution in [3.63, 3.8) is 0 Å². The van der Waals surface area contributed by atoms with Crippen LogP contribution in [-0.2, 0) is 18.3 Å². The van der Waals surface area contributed by atoms with Gasteiger partial charge in [0, 0.05) is 26.4 Å². The van der Waals surface area contributed by atoms with Gasteiger partial charge in [0.1, 0.15) is 12.2 Å². The van der Waals surface area contributed by atoms with Crippen LogP contribution < -0.4 is 11.1 Å². The molecule has 0 bridgehead atoms. The van der Waals surface area contributed by atoms with Gasteiger partial charge >= 0.3 is 0 Å². The quantitative estimate of drug-likeness (QED) is 0.815. The van der Waals surface area contributed by atoms with Crippen molar-refractivity contribution in [1.29, 1.82) is 0 Å². The molecule has 6 nitrogen and oxygen atoms in total. The van der Waals surface area contributed by atoms with Crippen LogP contribution in [0.5, 0.6) is 0 Å². The van der Waals surface area contributed by atoms with E-state index in [1.807, 2.05) is 11.6 Å². The van der Waals surface area contributed by atoms with Gasteiger partial charge in [-0.05, 0) is 24.8 Å². The summed E-state index contributed by atoms with van der Waals surface area (Å²) < 4.78 is 1.87. The maximum Gasteiger partial charge on any atom is 0.220 e. The average molecular weight is 352 g/mol. The van der Waals surface area contributed by atoms with Crippen LogP contribution in [0.2, 0.25) is 0 Å². The van der Waals surface area contributed by atoms with Gasteiger partial charge in [-0.25, -0.2) is 0 Å². The first kappa shape index (κ1) is 21.1. The normalized spacial score (nSPS) is 16.3. The first-order valence-electron chi connectivity index (χ1n) is 7.45. The number of amides is 1. The van der Waals surface area contributed by atoms with Gasteiger partial charge in [0.25, 0.3) is 0 Å². The number of carbonyl (C=O) groups is 1. The number of hydrogen-bond acceptors (Lipinski definition) is 4. The average Bonchev–Trinajstić information content (AvgIpc) is 2.85. The van der Waals surface area contributed by atoms with E-state index in [1.54, 1.807) is 6.33 Å². The molecule has 1 heterocycles. The van der Waals surface area contributed by atoms with E-state index in [2.05, 4.69) is 15.5 Å². The molecule has 1 fully saturated rings. The predicted molar refractivity (Wildman–Crippen MR) is 91.4 cm³/mol. The molecule has 1 aliphatic carbocycles. The van der Waals surface area contributed by atoms with Crippen molar-refractivity contribution in [1.82, 2.24) is 20.1 Å². The molecule has 22 heavy (non-hydrogen) atoms. The number of rotatable bonds is 6. The zero-order valence-corrected chi connectivity index (χ0v) is 14.7. The second-order valence-electron chi connectivity index (χ2n) is 5.90. The summed E-state index contributed by atoms with van der Waals surface area (Å²) >= 11 is 0. The van der Waals surface area contributed by atoms with Crippen LogP contribution in [-0.4, -0.2) is 33.8 Å². The van der Waals surface area contributed by atoms with Crippen LogP contribution >= 0.6 is 24.8 Å². The number of aromatic nitrogens is 3. The second kappa shape index (κ2) is 10.0. The molecule has 0 atom stereocenters. The van der Waals surface area contributed by atoms with Crippen LogP contribution in [0.25, 0.3) is 0 Å². The molecule has 0 saturated heterocycles. The van der Waals surface area contributed by atoms with Crippen molar-refractivity contribution in [2.75, 3.05) is 13.1 Å². The lowest BCUT2D eigenvalue weighted by molar-refractivity contribution is -0.123. The van der Waals surface area contributed by atoms with Crippen LogP contribution in [0.1, 0.15) is 44.3 Å². The third-order valence-corrected chi connectivity index (χ3v) is 4.36. The minimum absolute atomic E-state index is 0. The maximum absolute atomic E-state index is 12.1. The summed E-state index contributed by atoms with van der Waals surface area (Å²) in [5.41, 5.74) is 5.95. The fraction of sp³-hybridized carbons (Fsp3) is 0.786. The first-order valence-corrected chi connectivity index (χ1v) is 7.45. The highest BCUT2D eigenvalue weighted by Gasteiger charge is 2.32. The highest BCUT2D eigenvalue weighted by Crippen LogP contribution is 2.38. The summed E-state index contributed by atoms with van der Waals surface area (Å²) in [6, 6.07) is 0. The molecule has 8 heteroatoms. The molecule has 1 aromatic heterocycles. The van der Waals surface area contributed by atoms with E-state index in [4.69, 9.17) is 5.73 Å². The third-order valence-electron chi connectivity index (χ3n) is 4.36. The molecule has 1 aromatic rings. The Bertz CT molecular complexity index is 446. The molecule has 0 aliphatic heterocycles. The third kappa shape index (κ3) is 5.74. The molecular formula is C14H27Cl2N5O. The second-order valence-corrected chi connectivity index (χ2v) is 5.90. The van der Waals surface area contributed by atoms with Crippen molar-refractivity contribution in [2.24, 2.45) is 18.2 Å². The Morgan fingerprint density at radius 3 is 2.59 bits per heavy atom. The molecule has 0 spiro atoms. The Morgan fingerprint density at radius 1 is 1.36 bits per heavy atom. The van der Waals surface area contributed by atoms with Crippen molar-refractivity contribution in [3.05, 3.63) is 12.2 Å². The number of aryl methyl sites for hydroxylation is 1. The van der Waals surface area contributed by atoms with E-state index < -0.39 is 0 Å². The van der Waals surface area contributed by atoms with Crippen LogP contribution in [0.3, 0.4) is 0 Å². The maximum atomic E-state index is 12.1. The van der Waals surface area contributed by atoms with E-state index >= 15 is 0 Å². The Kier molecular flexibility index (Phi) is 9.64. The van der Waals surface area contributed by atoms with Gasteiger partial charge < -0.3 is 15.6 Å². The number of nitrogens with zero attached hydrogens (tertiary/aromatic N) is 3. The van der Waals surface area contributed by atoms with Gasteiger partial charge in [-0.15, -0.1) is 35.0 Å². The highest BCUT2D eigenvalue weighted by molar-refractivity contribution is 5.85. The molecule has 1 saturated carbocycles. The van der Waals surface area contributed by atoms with Crippen LogP contribution in [0.15, 0.2) is 6.33 Å². The summed E-state index contributed by atoms with van der Waals surface area (Å²) in [6.07, 6.45) is 8.77. The molecular weight excluding hydrogens is 325 g/mol. The van der Waals surface area contributed by atoms with E-state index in [-0.39, 0.29) is 36.1 Å². The molecule has 1 aliphatic rings. The number of halogens is 2. The van der Waals surface area contributed by atoms with Gasteiger partial charge in [-0.3, -0.25) is 4.79 Å². The fourth-order valence-corrected chi connectivity index (χ4v) is 3.01. The highest BCUT2D eigenvalue weighted by atomic mass is 35.5. The van der Waals surface area contributed by atoms with E-state index in [1.165, 1.54) is 19.3 Å². The number of nitrogens with two attached hydrogens (primary N) is 1. The molecule has 3 N–H and O–H groups in total. The molecule has 128 valence electrons. The first-order chi connectivity index (χ1) is 9.65. The Morgan fingerprint density at radius 2 is 2.05 bits per heavy atom. The van der Waals surface area contributed by atoms with E-state index in [9.17, 15) is 4.79 Å². The Labute approximate surface area is 144 Å². The van der Waals surface area contributed by atoms with Crippen molar-refractivity contribution in [2.45, 2.75) is 44.9 Å². The summed E-state index contributed by atoms with van der Waals surface area (Å²) in [7, 11) is 1.91. The Hall–Kier alpha value is -0.850. The molecule has 2 rings (SSSR count). The molecule has 0 unspecified atom stereocenters. The van der Waals surface area contributed by atoms with E-state index in [0.717, 1.165) is 18.7 Å². The topological polar surface area (TPSA) is 85.8 Å². The molecule has 1 amide bonds. The van der Waals surface area contributed by atoms with Crippen molar-refractivity contribution >= 4 is 30.7 Å². The smallest absolute Gasteiger partial charge is 0.220 e. The molecule has 0 aromatic carbocycles. The van der Waals surface area contributed by atoms with Gasteiger partial charge in [-0.2, -0.15) is 0 Å². The van der Waals surface area contributed by atoms with E-state index in [0.29, 0.717) is 25.9 Å². The monoisotopic (exact) mass is 351 g/mol. The number of hydrogen-bond donors (Lipinski definition) is 2. The zero-order chi connectivity index (χ0) is 14.4. The van der Waals surface area contributed by atoms with Gasteiger partial charge in [-0.1, -0.05) is 19.3 Å². The summed E-state index contributed by atoms with van der Waals surface area (Å²) in [5.74, 6) is 0.996. The van der Waals surface area contributed by atoms with Crippen LogP contribution in [0.4, 0.5) is 0 Å². The lowest BCUT2D eigenvalue weighted by atomic mass is 9.71. The van der Waals surface area contributed by atoms with Gasteiger partial charge in [0.15, 0.2) is 0 Å². The van der Waals surface area contributed by atoms with Crippen molar-refractivity contribution < 1.29 is 4.79 Å². The summed E-state index contributed by atoms with van der Waals surface area (Å²) in [4.78, 5) is 12.1. The number of nitrogens with one attached hydrogen (secondary N) is 1. The lowest BCUT2D eigenvalue weighted by Crippen LogP contribution is -2.39. The summed E-state index contributed by atoms with van der Waals surface area (Å²) in [5, 5.41) is 10.8. The van der Waals surface area contributed by atoms with Crippen LogP contribution in [0, 0.1) is 5.41 Å². The predicted octanol–water partition coefficient (Wildman–Crippen LogP) is 1.62. The largest absolute Gasteiger partial charge is 0.356 e. The SMILES string of the molecule is Cl.Cl.Cn1cnnc1CCNC(=O)CC1(CN)CCCCC1. The summed E-state index contributed by atoms with van der Waals surface area (Å²) in [6.45, 7) is 1.22. The lowest BCUT2D eigenvalue weighted by Gasteiger charge is -2.35. The van der Waals surface area contributed by atoms with Crippen molar-refractivity contribution in [3.8, 4) is 0 Å². The minimum atomic E-state index is 0. The minimum Gasteiger partial charge on any atom is -0.356 e. The number of carbonyl (C=O) groups excluding carboxylic acids is 1. The van der Waals surface area contributed by atoms with Gasteiger partial charge in [0.2, 0.25) is 5.91 Å². The molecule has 0 radical (unpaired) electrons. The Balaban J connectivity index is 0.00000220.